The van der Waals surface area contributed by atoms with Crippen LogP contribution in [-0.4, -0.2) is 16.9 Å². The number of methoxy groups -OCH3 is 1. The van der Waals surface area contributed by atoms with Gasteiger partial charge in [-0.25, -0.2) is 5.43 Å². The zero-order chi connectivity index (χ0) is 12.3. The summed E-state index contributed by atoms with van der Waals surface area (Å²) in [4.78, 5) is 0. The minimum Gasteiger partial charge on any atom is -0.497 e. The summed E-state index contributed by atoms with van der Waals surface area (Å²) >= 11 is 0. The van der Waals surface area contributed by atoms with E-state index in [1.807, 2.05) is 37.5 Å². The van der Waals surface area contributed by atoms with E-state index < -0.39 is 0 Å². The Bertz CT molecular complexity index is 495. The molecule has 0 saturated heterocycles. The first-order valence-corrected chi connectivity index (χ1v) is 5.33. The smallest absolute Gasteiger partial charge is 0.119 e. The van der Waals surface area contributed by atoms with Crippen molar-refractivity contribution in [3.8, 4) is 5.75 Å². The number of nitrogens with zero attached hydrogens (tertiary/aromatic N) is 2. The molecule has 17 heavy (non-hydrogen) atoms. The molecule has 0 aliphatic rings. The molecule has 90 valence electrons. The van der Waals surface area contributed by atoms with Gasteiger partial charge in [0, 0.05) is 18.8 Å². The van der Waals surface area contributed by atoms with Gasteiger partial charge in [0.15, 0.2) is 0 Å². The monoisotopic (exact) mass is 232 g/mol. The predicted octanol–water partition coefficient (Wildman–Crippen LogP) is 0.981. The van der Waals surface area contributed by atoms with Crippen LogP contribution in [-0.2, 0) is 7.05 Å². The zero-order valence-corrected chi connectivity index (χ0v) is 9.92. The van der Waals surface area contributed by atoms with Crippen LogP contribution in [0.2, 0.25) is 0 Å². The first kappa shape index (κ1) is 11.6. The van der Waals surface area contributed by atoms with E-state index in [9.17, 15) is 0 Å². The zero-order valence-electron chi connectivity index (χ0n) is 9.92. The predicted molar refractivity (Wildman–Crippen MR) is 65.4 cm³/mol. The van der Waals surface area contributed by atoms with Gasteiger partial charge in [0.1, 0.15) is 5.75 Å². The van der Waals surface area contributed by atoms with Gasteiger partial charge in [-0.3, -0.25) is 10.5 Å². The quantitative estimate of drug-likeness (QED) is 0.609. The first-order chi connectivity index (χ1) is 8.24. The van der Waals surface area contributed by atoms with E-state index in [2.05, 4.69) is 10.5 Å². The molecular weight excluding hydrogens is 216 g/mol. The van der Waals surface area contributed by atoms with Crippen LogP contribution in [0.15, 0.2) is 36.7 Å². The molecular formula is C12H16N4O. The maximum absolute atomic E-state index is 5.61. The summed E-state index contributed by atoms with van der Waals surface area (Å²) in [5, 5.41) is 4.14. The van der Waals surface area contributed by atoms with Gasteiger partial charge in [-0.2, -0.15) is 5.10 Å². The lowest BCUT2D eigenvalue weighted by molar-refractivity contribution is 0.413. The fraction of sp³-hybridized carbons (Fsp3) is 0.250. The summed E-state index contributed by atoms with van der Waals surface area (Å²) in [6, 6.07) is 7.71. The van der Waals surface area contributed by atoms with Gasteiger partial charge in [0.2, 0.25) is 0 Å². The Kier molecular flexibility index (Phi) is 3.41. The fourth-order valence-corrected chi connectivity index (χ4v) is 1.80. The highest BCUT2D eigenvalue weighted by Gasteiger charge is 2.14. The van der Waals surface area contributed by atoms with Gasteiger partial charge >= 0.3 is 0 Å². The van der Waals surface area contributed by atoms with Crippen molar-refractivity contribution in [1.82, 2.24) is 15.2 Å². The van der Waals surface area contributed by atoms with Gasteiger partial charge < -0.3 is 4.74 Å². The molecule has 1 heterocycles. The molecule has 1 atom stereocenters. The molecule has 0 fully saturated rings. The van der Waals surface area contributed by atoms with Gasteiger partial charge in [0.05, 0.1) is 19.3 Å². The molecule has 2 rings (SSSR count). The molecule has 0 aliphatic heterocycles. The Morgan fingerprint density at radius 3 is 2.82 bits per heavy atom. The average Bonchev–Trinajstić information content (AvgIpc) is 2.77. The van der Waals surface area contributed by atoms with Crippen LogP contribution in [0.25, 0.3) is 0 Å². The van der Waals surface area contributed by atoms with Crippen molar-refractivity contribution in [2.45, 2.75) is 6.04 Å². The van der Waals surface area contributed by atoms with Crippen LogP contribution in [0.5, 0.6) is 5.75 Å². The second-order valence-electron chi connectivity index (χ2n) is 3.82. The largest absolute Gasteiger partial charge is 0.497 e. The average molecular weight is 232 g/mol. The number of aryl methyl sites for hydroxylation is 1. The number of hydrogen-bond acceptors (Lipinski definition) is 4. The summed E-state index contributed by atoms with van der Waals surface area (Å²) in [6.45, 7) is 0. The lowest BCUT2D eigenvalue weighted by Gasteiger charge is -2.15. The molecule has 2 aromatic rings. The third-order valence-corrected chi connectivity index (χ3v) is 2.65. The molecule has 0 bridgehead atoms. The van der Waals surface area contributed by atoms with Gasteiger partial charge in [-0.15, -0.1) is 0 Å². The summed E-state index contributed by atoms with van der Waals surface area (Å²) in [7, 11) is 3.52. The summed E-state index contributed by atoms with van der Waals surface area (Å²) in [5.41, 5.74) is 4.85. The Morgan fingerprint density at radius 2 is 2.24 bits per heavy atom. The number of rotatable bonds is 4. The van der Waals surface area contributed by atoms with E-state index in [-0.39, 0.29) is 6.04 Å². The molecule has 5 nitrogen and oxygen atoms in total. The van der Waals surface area contributed by atoms with Crippen molar-refractivity contribution >= 4 is 0 Å². The number of nitrogens with two attached hydrogens (primary N) is 1. The number of nitrogens with one attached hydrogen (secondary N) is 1. The van der Waals surface area contributed by atoms with E-state index in [0.717, 1.165) is 16.9 Å². The second kappa shape index (κ2) is 4.99. The molecule has 0 amide bonds. The van der Waals surface area contributed by atoms with E-state index in [0.29, 0.717) is 0 Å². The summed E-state index contributed by atoms with van der Waals surface area (Å²) in [5.74, 6) is 6.42. The molecule has 5 heteroatoms. The Hall–Kier alpha value is -1.85. The number of hydrazine groups is 1. The first-order valence-electron chi connectivity index (χ1n) is 5.33. The third kappa shape index (κ3) is 2.46. The van der Waals surface area contributed by atoms with E-state index in [1.165, 1.54) is 0 Å². The van der Waals surface area contributed by atoms with Crippen LogP contribution >= 0.6 is 0 Å². The maximum atomic E-state index is 5.61. The highest BCUT2D eigenvalue weighted by molar-refractivity contribution is 5.35. The van der Waals surface area contributed by atoms with Crippen molar-refractivity contribution in [3.05, 3.63) is 47.8 Å². The Labute approximate surface area is 100 Å². The highest BCUT2D eigenvalue weighted by atomic mass is 16.5. The van der Waals surface area contributed by atoms with Crippen LogP contribution in [0, 0.1) is 0 Å². The molecule has 0 spiro atoms. The number of hydrogen-bond donors (Lipinski definition) is 2. The molecule has 1 unspecified atom stereocenters. The van der Waals surface area contributed by atoms with Crippen molar-refractivity contribution in [3.63, 3.8) is 0 Å². The van der Waals surface area contributed by atoms with E-state index in [4.69, 9.17) is 10.6 Å². The molecule has 0 radical (unpaired) electrons. The summed E-state index contributed by atoms with van der Waals surface area (Å²) in [6.07, 6.45) is 3.73. The molecule has 1 aromatic carbocycles. The molecule has 0 saturated carbocycles. The molecule has 0 aliphatic carbocycles. The van der Waals surface area contributed by atoms with E-state index in [1.54, 1.807) is 18.0 Å². The Morgan fingerprint density at radius 1 is 1.41 bits per heavy atom. The number of benzene rings is 1. The van der Waals surface area contributed by atoms with Crippen LogP contribution < -0.4 is 16.0 Å². The van der Waals surface area contributed by atoms with Crippen LogP contribution in [0.1, 0.15) is 17.2 Å². The maximum Gasteiger partial charge on any atom is 0.119 e. The van der Waals surface area contributed by atoms with Crippen LogP contribution in [0.3, 0.4) is 0 Å². The third-order valence-electron chi connectivity index (χ3n) is 2.65. The second-order valence-corrected chi connectivity index (χ2v) is 3.82. The lowest BCUT2D eigenvalue weighted by Crippen LogP contribution is -2.28. The number of aromatic nitrogens is 2. The van der Waals surface area contributed by atoms with Gasteiger partial charge in [-0.05, 0) is 17.7 Å². The van der Waals surface area contributed by atoms with Crippen molar-refractivity contribution < 1.29 is 4.74 Å². The Balaban J connectivity index is 2.34. The van der Waals surface area contributed by atoms with Gasteiger partial charge in [-0.1, -0.05) is 12.1 Å². The van der Waals surface area contributed by atoms with E-state index >= 15 is 0 Å². The number of ether oxygens (including phenoxy) is 1. The SMILES string of the molecule is COc1cccc(C(NN)c2cnn(C)c2)c1. The standard InChI is InChI=1S/C12H16N4O/c1-16-8-10(7-14-16)12(15-13)9-4-3-5-11(6-9)17-2/h3-8,12,15H,13H2,1-2H3. The highest BCUT2D eigenvalue weighted by Crippen LogP contribution is 2.23. The molecule has 3 N–H and O–H groups in total. The normalized spacial score (nSPS) is 12.4. The fourth-order valence-electron chi connectivity index (χ4n) is 1.80. The topological polar surface area (TPSA) is 65.1 Å². The minimum absolute atomic E-state index is 0.0844. The minimum atomic E-state index is -0.0844. The van der Waals surface area contributed by atoms with Crippen molar-refractivity contribution in [2.24, 2.45) is 12.9 Å². The van der Waals surface area contributed by atoms with Crippen molar-refractivity contribution in [2.75, 3.05) is 7.11 Å². The van der Waals surface area contributed by atoms with Crippen molar-refractivity contribution in [1.29, 1.82) is 0 Å². The molecule has 1 aromatic heterocycles. The van der Waals surface area contributed by atoms with Gasteiger partial charge in [0.25, 0.3) is 0 Å². The van der Waals surface area contributed by atoms with Crippen LogP contribution in [0.4, 0.5) is 0 Å². The summed E-state index contributed by atoms with van der Waals surface area (Å²) < 4.78 is 6.95. The lowest BCUT2D eigenvalue weighted by atomic mass is 10.0.